The van der Waals surface area contributed by atoms with Crippen LogP contribution in [0.2, 0.25) is 0 Å². The normalized spacial score (nSPS) is 15.9. The van der Waals surface area contributed by atoms with Gasteiger partial charge in [-0.3, -0.25) is 15.3 Å². The van der Waals surface area contributed by atoms with Crippen molar-refractivity contribution >= 4 is 23.1 Å². The van der Waals surface area contributed by atoms with Gasteiger partial charge in [-0.1, -0.05) is 49.6 Å². The van der Waals surface area contributed by atoms with Crippen LogP contribution >= 0.6 is 0 Å². The fraction of sp³-hybridized carbons (Fsp3) is 0.292. The number of H-pyrrole nitrogens is 1. The quantitative estimate of drug-likeness (QED) is 0.510. The topological polar surface area (TPSA) is 96.9 Å². The van der Waals surface area contributed by atoms with Crippen molar-refractivity contribution in [2.75, 3.05) is 16.9 Å². The molecule has 1 aromatic heterocycles. The molecule has 160 valence electrons. The number of hydrogen-bond donors (Lipinski definition) is 4. The molecule has 5 rings (SSSR count). The van der Waals surface area contributed by atoms with Crippen LogP contribution in [0.5, 0.6) is 0 Å². The van der Waals surface area contributed by atoms with Crippen LogP contribution in [0.1, 0.15) is 48.2 Å². The van der Waals surface area contributed by atoms with E-state index in [0.29, 0.717) is 24.2 Å². The number of amides is 1. The van der Waals surface area contributed by atoms with Gasteiger partial charge in [0.15, 0.2) is 0 Å². The largest absolute Gasteiger partial charge is 0.367 e. The Labute approximate surface area is 182 Å². The number of benzene rings is 2. The predicted octanol–water partition coefficient (Wildman–Crippen LogP) is 4.37. The van der Waals surface area contributed by atoms with E-state index in [1.807, 2.05) is 59.5 Å². The van der Waals surface area contributed by atoms with Gasteiger partial charge >= 0.3 is 0 Å². The molecule has 7 nitrogen and oxygen atoms in total. The molecular weight excluding hydrogens is 388 g/mol. The zero-order chi connectivity index (χ0) is 21.5. The Kier molecular flexibility index (Phi) is 6.62. The lowest BCUT2D eigenvalue weighted by Gasteiger charge is -2.31. The molecule has 7 heteroatoms. The summed E-state index contributed by atoms with van der Waals surface area (Å²) >= 11 is 0. The third-order valence-electron chi connectivity index (χ3n) is 5.63. The monoisotopic (exact) mass is 416 g/mol. The molecule has 0 unspecified atom stereocenters. The fourth-order valence-electron chi connectivity index (χ4n) is 3.95. The predicted molar refractivity (Wildman–Crippen MR) is 124 cm³/mol. The van der Waals surface area contributed by atoms with Gasteiger partial charge in [-0.25, -0.2) is 0 Å². The molecule has 1 aliphatic carbocycles. The molecule has 1 fully saturated rings. The average molecular weight is 417 g/mol. The number of anilines is 2. The van der Waals surface area contributed by atoms with Gasteiger partial charge in [-0.2, -0.15) is 5.10 Å². The Balaban J connectivity index is 0.000000152. The Hall–Kier alpha value is -3.61. The average Bonchev–Trinajstić information content (AvgIpc) is 3.37. The van der Waals surface area contributed by atoms with Crippen LogP contribution in [0.15, 0.2) is 66.9 Å². The first kappa shape index (κ1) is 20.7. The number of para-hydroxylation sites is 2. The molecule has 1 amide bonds. The maximum Gasteiger partial charge on any atom is 0.269 e. The molecule has 0 radical (unpaired) electrons. The van der Waals surface area contributed by atoms with Gasteiger partial charge < -0.3 is 15.5 Å². The summed E-state index contributed by atoms with van der Waals surface area (Å²) in [6.07, 6.45) is 7.58. The summed E-state index contributed by atoms with van der Waals surface area (Å²) in [5.74, 6) is 0.514. The first-order valence-corrected chi connectivity index (χ1v) is 10.8. The molecule has 1 aliphatic heterocycles. The highest BCUT2D eigenvalue weighted by Gasteiger charge is 2.21. The Morgan fingerprint density at radius 3 is 2.48 bits per heavy atom. The second-order valence-electron chi connectivity index (χ2n) is 7.77. The smallest absolute Gasteiger partial charge is 0.269 e. The summed E-state index contributed by atoms with van der Waals surface area (Å²) in [4.78, 5) is 13.6. The summed E-state index contributed by atoms with van der Waals surface area (Å²) in [5.41, 5.74) is 3.57. The van der Waals surface area contributed by atoms with Gasteiger partial charge in [0.25, 0.3) is 5.91 Å². The van der Waals surface area contributed by atoms with Crippen LogP contribution in [0.4, 0.5) is 11.4 Å². The maximum absolute atomic E-state index is 11.6. The summed E-state index contributed by atoms with van der Waals surface area (Å²) < 4.78 is 0. The van der Waals surface area contributed by atoms with Gasteiger partial charge in [0, 0.05) is 29.2 Å². The minimum Gasteiger partial charge on any atom is -0.367 e. The molecule has 0 saturated heterocycles. The summed E-state index contributed by atoms with van der Waals surface area (Å²) in [7, 11) is 0. The van der Waals surface area contributed by atoms with E-state index in [1.165, 1.54) is 19.3 Å². The van der Waals surface area contributed by atoms with Crippen LogP contribution in [-0.2, 0) is 0 Å². The van der Waals surface area contributed by atoms with Crippen LogP contribution in [0.3, 0.4) is 0 Å². The van der Waals surface area contributed by atoms with E-state index in [1.54, 1.807) is 12.3 Å². The van der Waals surface area contributed by atoms with Crippen LogP contribution in [0, 0.1) is 5.41 Å². The van der Waals surface area contributed by atoms with Crippen LogP contribution < -0.4 is 15.5 Å². The second kappa shape index (κ2) is 9.93. The Morgan fingerprint density at radius 1 is 1.00 bits per heavy atom. The Morgan fingerprint density at radius 2 is 1.74 bits per heavy atom. The number of carbonyl (C=O) groups excluding carboxylic acids is 1. The first-order chi connectivity index (χ1) is 15.2. The van der Waals surface area contributed by atoms with Crippen molar-refractivity contribution < 1.29 is 4.79 Å². The zero-order valence-corrected chi connectivity index (χ0v) is 17.5. The molecule has 2 aliphatic rings. The lowest BCUT2D eigenvalue weighted by atomic mass is 9.95. The Bertz CT molecular complexity index is 996. The van der Waals surface area contributed by atoms with Crippen LogP contribution in [0.25, 0.3) is 0 Å². The van der Waals surface area contributed by atoms with Crippen molar-refractivity contribution in [3.8, 4) is 0 Å². The van der Waals surface area contributed by atoms with Gasteiger partial charge in [-0.15, -0.1) is 0 Å². The minimum atomic E-state index is -0.0330. The molecular formula is C24H28N6O. The van der Waals surface area contributed by atoms with Crippen LogP contribution in [-0.4, -0.2) is 34.7 Å². The number of carbonyl (C=O) groups is 1. The van der Waals surface area contributed by atoms with Crippen molar-refractivity contribution in [3.05, 3.63) is 78.1 Å². The highest BCUT2D eigenvalue weighted by Crippen LogP contribution is 2.25. The van der Waals surface area contributed by atoms with E-state index in [-0.39, 0.29) is 5.91 Å². The summed E-state index contributed by atoms with van der Waals surface area (Å²) in [6, 6.07) is 20.0. The number of fused-ring (bicyclic) bond motifs is 1. The maximum atomic E-state index is 11.6. The lowest BCUT2D eigenvalue weighted by molar-refractivity contribution is 0.0922. The molecule has 2 aromatic carbocycles. The SMILES string of the molecule is N=C1c2ccccc2NCN1c1ccccc1.O=C(NC1CCCCC1)c1ccn[nH]1. The van der Waals surface area contributed by atoms with Gasteiger partial charge in [0.1, 0.15) is 11.5 Å². The van der Waals surface area contributed by atoms with Crippen molar-refractivity contribution in [1.29, 1.82) is 5.41 Å². The van der Waals surface area contributed by atoms with Crippen molar-refractivity contribution in [3.63, 3.8) is 0 Å². The number of nitrogens with one attached hydrogen (secondary N) is 4. The number of aromatic nitrogens is 2. The second-order valence-corrected chi connectivity index (χ2v) is 7.77. The number of amidine groups is 1. The van der Waals surface area contributed by atoms with Crippen molar-refractivity contribution in [1.82, 2.24) is 15.5 Å². The number of hydrogen-bond acceptors (Lipinski definition) is 4. The third kappa shape index (κ3) is 5.12. The summed E-state index contributed by atoms with van der Waals surface area (Å²) in [5, 5.41) is 21.0. The molecule has 0 bridgehead atoms. The van der Waals surface area contributed by atoms with E-state index < -0.39 is 0 Å². The van der Waals surface area contributed by atoms with E-state index >= 15 is 0 Å². The first-order valence-electron chi connectivity index (χ1n) is 10.8. The molecule has 3 aromatic rings. The molecule has 1 saturated carbocycles. The van der Waals surface area contributed by atoms with E-state index in [2.05, 4.69) is 20.8 Å². The standard InChI is InChI=1S/C14H13N3.C10H15N3O/c15-14-12-8-4-5-9-13(12)16-10-17(14)11-6-2-1-3-7-11;14-10(9-6-7-11-13-9)12-8-4-2-1-3-5-8/h1-9,15-16H,10H2;6-8H,1-5H2,(H,11,13)(H,12,14). The van der Waals surface area contributed by atoms with E-state index in [4.69, 9.17) is 5.41 Å². The number of rotatable bonds is 3. The minimum absolute atomic E-state index is 0.0330. The van der Waals surface area contributed by atoms with Gasteiger partial charge in [0.2, 0.25) is 0 Å². The van der Waals surface area contributed by atoms with Gasteiger partial charge in [-0.05, 0) is 43.2 Å². The van der Waals surface area contributed by atoms with Crippen molar-refractivity contribution in [2.45, 2.75) is 38.1 Å². The van der Waals surface area contributed by atoms with E-state index in [0.717, 1.165) is 29.8 Å². The third-order valence-corrected chi connectivity index (χ3v) is 5.63. The highest BCUT2D eigenvalue weighted by molar-refractivity contribution is 6.12. The van der Waals surface area contributed by atoms with Gasteiger partial charge in [0.05, 0.1) is 6.67 Å². The van der Waals surface area contributed by atoms with E-state index in [9.17, 15) is 4.79 Å². The fourth-order valence-corrected chi connectivity index (χ4v) is 3.95. The summed E-state index contributed by atoms with van der Waals surface area (Å²) in [6.45, 7) is 0.639. The number of nitrogens with zero attached hydrogens (tertiary/aromatic N) is 2. The zero-order valence-electron chi connectivity index (χ0n) is 17.5. The molecule has 0 atom stereocenters. The molecule has 31 heavy (non-hydrogen) atoms. The molecule has 2 heterocycles. The number of aromatic amines is 1. The lowest BCUT2D eigenvalue weighted by Crippen LogP contribution is -2.39. The highest BCUT2D eigenvalue weighted by atomic mass is 16.2. The molecule has 0 spiro atoms. The molecule has 4 N–H and O–H groups in total. The van der Waals surface area contributed by atoms with Crippen molar-refractivity contribution in [2.24, 2.45) is 0 Å².